The number of hydrogen-bond donors (Lipinski definition) is 1. The first-order valence-corrected chi connectivity index (χ1v) is 5.83. The smallest absolute Gasteiger partial charge is 0.265 e. The van der Waals surface area contributed by atoms with Gasteiger partial charge in [0.25, 0.3) is 5.91 Å². The van der Waals surface area contributed by atoms with E-state index in [9.17, 15) is 9.00 Å². The Balaban J connectivity index is 2.72. The first kappa shape index (κ1) is 9.21. The highest BCUT2D eigenvalue weighted by molar-refractivity contribution is 7.93. The first-order chi connectivity index (χ1) is 6.67. The van der Waals surface area contributed by atoms with E-state index >= 15 is 0 Å². The third-order valence-corrected chi connectivity index (χ3v) is 4.01. The first-order valence-electron chi connectivity index (χ1n) is 4.31. The van der Waals surface area contributed by atoms with Crippen molar-refractivity contribution in [2.24, 2.45) is 4.36 Å². The maximum atomic E-state index is 12.1. The maximum Gasteiger partial charge on any atom is 0.265 e. The summed E-state index contributed by atoms with van der Waals surface area (Å²) in [7, 11) is -2.69. The summed E-state index contributed by atoms with van der Waals surface area (Å²) in [5.41, 5.74) is 0.467. The SMILES string of the molecule is CCN=S1(=O)NC(=O)c2ccccc21. The Morgan fingerprint density at radius 1 is 1.43 bits per heavy atom. The standard InChI is InChI=1S/C9H10N2O2S/c1-2-10-14(13)8-6-4-3-5-7(8)9(12)11-14/h3-6H,2H2,1H3,(H,10,11,12,13). The van der Waals surface area contributed by atoms with E-state index in [2.05, 4.69) is 9.08 Å². The summed E-state index contributed by atoms with van der Waals surface area (Å²) in [5, 5.41) is 0. The van der Waals surface area contributed by atoms with E-state index in [1.807, 2.05) is 0 Å². The minimum atomic E-state index is -2.69. The minimum Gasteiger partial charge on any atom is -0.268 e. The van der Waals surface area contributed by atoms with Crippen molar-refractivity contribution in [3.8, 4) is 0 Å². The molecule has 1 aliphatic heterocycles. The fourth-order valence-corrected chi connectivity index (χ4v) is 3.18. The molecule has 1 aliphatic rings. The molecule has 1 heterocycles. The number of amides is 1. The van der Waals surface area contributed by atoms with Gasteiger partial charge >= 0.3 is 0 Å². The fraction of sp³-hybridized carbons (Fsp3) is 0.222. The van der Waals surface area contributed by atoms with Gasteiger partial charge in [0.1, 0.15) is 0 Å². The molecule has 5 heteroatoms. The summed E-state index contributed by atoms with van der Waals surface area (Å²) in [5.74, 6) is -0.303. The minimum absolute atomic E-state index is 0.303. The number of nitrogens with one attached hydrogen (secondary N) is 1. The molecule has 0 fully saturated rings. The predicted octanol–water partition coefficient (Wildman–Crippen LogP) is 1.19. The monoisotopic (exact) mass is 210 g/mol. The zero-order valence-electron chi connectivity index (χ0n) is 7.69. The van der Waals surface area contributed by atoms with Crippen molar-refractivity contribution in [2.45, 2.75) is 11.8 Å². The van der Waals surface area contributed by atoms with Crippen LogP contribution in [0, 0.1) is 0 Å². The number of nitrogens with zero attached hydrogens (tertiary/aromatic N) is 1. The highest BCUT2D eigenvalue weighted by atomic mass is 32.2. The number of benzene rings is 1. The topological polar surface area (TPSA) is 58.5 Å². The van der Waals surface area contributed by atoms with Crippen LogP contribution in [0.15, 0.2) is 33.5 Å². The zero-order chi connectivity index (χ0) is 10.2. The molecule has 0 aromatic heterocycles. The molecule has 1 N–H and O–H groups in total. The number of rotatable bonds is 1. The molecule has 4 nitrogen and oxygen atoms in total. The predicted molar refractivity (Wildman–Crippen MR) is 53.3 cm³/mol. The Morgan fingerprint density at radius 2 is 2.14 bits per heavy atom. The molecule has 1 amide bonds. The van der Waals surface area contributed by atoms with Gasteiger partial charge in [0.05, 0.1) is 10.5 Å². The Bertz CT molecular complexity index is 501. The highest BCUT2D eigenvalue weighted by Gasteiger charge is 2.29. The third-order valence-electron chi connectivity index (χ3n) is 1.97. The van der Waals surface area contributed by atoms with Gasteiger partial charge in [-0.15, -0.1) is 0 Å². The van der Waals surface area contributed by atoms with Crippen LogP contribution in [0.3, 0.4) is 0 Å². The van der Waals surface area contributed by atoms with Gasteiger partial charge in [0.2, 0.25) is 0 Å². The quantitative estimate of drug-likeness (QED) is 0.757. The normalized spacial score (nSPS) is 24.2. The Hall–Kier alpha value is -1.36. The summed E-state index contributed by atoms with van der Waals surface area (Å²) < 4.78 is 18.5. The van der Waals surface area contributed by atoms with Gasteiger partial charge in [0, 0.05) is 6.54 Å². The zero-order valence-corrected chi connectivity index (χ0v) is 8.50. The molecule has 1 aromatic rings. The largest absolute Gasteiger partial charge is 0.268 e. The van der Waals surface area contributed by atoms with E-state index in [4.69, 9.17) is 0 Å². The summed E-state index contributed by atoms with van der Waals surface area (Å²) in [6, 6.07) is 6.83. The van der Waals surface area contributed by atoms with E-state index in [0.717, 1.165) is 0 Å². The van der Waals surface area contributed by atoms with Crippen molar-refractivity contribution in [1.82, 2.24) is 4.72 Å². The van der Waals surface area contributed by atoms with Crippen LogP contribution < -0.4 is 4.72 Å². The van der Waals surface area contributed by atoms with Crippen molar-refractivity contribution in [3.05, 3.63) is 29.8 Å². The Labute approximate surface area is 82.6 Å². The van der Waals surface area contributed by atoms with Crippen LogP contribution >= 0.6 is 0 Å². The average Bonchev–Trinajstić information content (AvgIpc) is 2.41. The second kappa shape index (κ2) is 3.09. The number of hydrogen-bond acceptors (Lipinski definition) is 3. The van der Waals surface area contributed by atoms with Crippen LogP contribution in [0.5, 0.6) is 0 Å². The van der Waals surface area contributed by atoms with Gasteiger partial charge in [-0.2, -0.15) is 0 Å². The van der Waals surface area contributed by atoms with Gasteiger partial charge in [0.15, 0.2) is 9.92 Å². The van der Waals surface area contributed by atoms with Crippen LogP contribution in [0.1, 0.15) is 17.3 Å². The molecule has 0 saturated heterocycles. The number of fused-ring (bicyclic) bond motifs is 1. The Kier molecular flexibility index (Phi) is 2.03. The third kappa shape index (κ3) is 1.21. The van der Waals surface area contributed by atoms with Crippen LogP contribution in [0.4, 0.5) is 0 Å². The molecule has 0 spiro atoms. The Morgan fingerprint density at radius 3 is 2.86 bits per heavy atom. The van der Waals surface area contributed by atoms with E-state index < -0.39 is 9.92 Å². The second-order valence-electron chi connectivity index (χ2n) is 2.90. The van der Waals surface area contributed by atoms with Crippen LogP contribution in [0.25, 0.3) is 0 Å². The molecule has 0 saturated carbocycles. The van der Waals surface area contributed by atoms with E-state index in [-0.39, 0.29) is 5.91 Å². The van der Waals surface area contributed by atoms with Crippen LogP contribution in [-0.2, 0) is 9.92 Å². The molecular weight excluding hydrogens is 200 g/mol. The molecule has 1 unspecified atom stereocenters. The number of carbonyl (C=O) groups excluding carboxylic acids is 1. The molecule has 1 atom stereocenters. The van der Waals surface area contributed by atoms with Gasteiger partial charge in [-0.05, 0) is 19.1 Å². The molecule has 0 radical (unpaired) electrons. The summed E-state index contributed by atoms with van der Waals surface area (Å²) in [6.07, 6.45) is 0. The summed E-state index contributed by atoms with van der Waals surface area (Å²) >= 11 is 0. The molecule has 2 rings (SSSR count). The van der Waals surface area contributed by atoms with E-state index in [1.165, 1.54) is 0 Å². The van der Waals surface area contributed by atoms with E-state index in [1.54, 1.807) is 31.2 Å². The molecule has 14 heavy (non-hydrogen) atoms. The second-order valence-corrected chi connectivity index (χ2v) is 4.85. The molecule has 0 bridgehead atoms. The lowest BCUT2D eigenvalue weighted by Gasteiger charge is -2.00. The highest BCUT2D eigenvalue weighted by Crippen LogP contribution is 2.23. The van der Waals surface area contributed by atoms with E-state index in [0.29, 0.717) is 17.0 Å². The lowest BCUT2D eigenvalue weighted by molar-refractivity contribution is 0.0985. The number of carbonyl (C=O) groups is 1. The fourth-order valence-electron chi connectivity index (χ4n) is 1.41. The summed E-state index contributed by atoms with van der Waals surface area (Å²) in [4.78, 5) is 11.9. The van der Waals surface area contributed by atoms with Crippen molar-refractivity contribution in [1.29, 1.82) is 0 Å². The van der Waals surface area contributed by atoms with Gasteiger partial charge < -0.3 is 0 Å². The van der Waals surface area contributed by atoms with Gasteiger partial charge in [-0.3, -0.25) is 9.52 Å². The lowest BCUT2D eigenvalue weighted by Crippen LogP contribution is -2.21. The molecular formula is C9H10N2O2S. The van der Waals surface area contributed by atoms with Crippen LogP contribution in [0.2, 0.25) is 0 Å². The van der Waals surface area contributed by atoms with Gasteiger partial charge in [-0.25, -0.2) is 8.57 Å². The van der Waals surface area contributed by atoms with Crippen LogP contribution in [-0.4, -0.2) is 16.7 Å². The maximum absolute atomic E-state index is 12.1. The summed E-state index contributed by atoms with van der Waals surface area (Å²) in [6.45, 7) is 2.22. The van der Waals surface area contributed by atoms with Crippen molar-refractivity contribution in [2.75, 3.05) is 6.54 Å². The molecule has 1 aromatic carbocycles. The molecule has 74 valence electrons. The molecule has 0 aliphatic carbocycles. The van der Waals surface area contributed by atoms with Crippen molar-refractivity contribution in [3.63, 3.8) is 0 Å². The lowest BCUT2D eigenvalue weighted by atomic mass is 10.2. The van der Waals surface area contributed by atoms with Gasteiger partial charge in [-0.1, -0.05) is 12.1 Å². The average molecular weight is 210 g/mol. The van der Waals surface area contributed by atoms with Crippen molar-refractivity contribution >= 4 is 15.8 Å². The van der Waals surface area contributed by atoms with Crippen molar-refractivity contribution < 1.29 is 9.00 Å².